The van der Waals surface area contributed by atoms with Crippen LogP contribution in [0.2, 0.25) is 0 Å². The Morgan fingerprint density at radius 3 is 2.47 bits per heavy atom. The van der Waals surface area contributed by atoms with Gasteiger partial charge in [0.05, 0.1) is 44.8 Å². The van der Waals surface area contributed by atoms with Crippen molar-refractivity contribution in [1.29, 1.82) is 0 Å². The van der Waals surface area contributed by atoms with E-state index in [1.54, 1.807) is 44.2 Å². The monoisotopic (exact) mass is 594 g/mol. The van der Waals surface area contributed by atoms with Crippen molar-refractivity contribution < 1.29 is 38.1 Å². The molecule has 2 aromatic carbocycles. The van der Waals surface area contributed by atoms with E-state index in [9.17, 15) is 14.4 Å². The molecule has 12 heteroatoms. The number of hydrazone groups is 1. The smallest absolute Gasteiger partial charge is 0.338 e. The van der Waals surface area contributed by atoms with Gasteiger partial charge in [-0.05, 0) is 69.5 Å². The van der Waals surface area contributed by atoms with E-state index in [1.807, 2.05) is 19.9 Å². The van der Waals surface area contributed by atoms with Gasteiger partial charge in [0.1, 0.15) is 0 Å². The number of hydrogen-bond donors (Lipinski definition) is 3. The second kappa shape index (κ2) is 15.9. The first-order valence-electron chi connectivity index (χ1n) is 13.9. The fraction of sp³-hybridized carbons (Fsp3) is 0.355. The lowest BCUT2D eigenvalue weighted by Crippen LogP contribution is -2.45. The first kappa shape index (κ1) is 32.5. The summed E-state index contributed by atoms with van der Waals surface area (Å²) in [6.45, 7) is 11.7. The maximum Gasteiger partial charge on any atom is 0.338 e. The number of carbonyl (C=O) groups excluding carboxylic acids is 3. The van der Waals surface area contributed by atoms with Gasteiger partial charge >= 0.3 is 12.0 Å². The first-order valence-corrected chi connectivity index (χ1v) is 13.9. The maximum absolute atomic E-state index is 12.6. The molecular weight excluding hydrogens is 556 g/mol. The highest BCUT2D eigenvalue weighted by Gasteiger charge is 2.32. The minimum atomic E-state index is -0.772. The summed E-state index contributed by atoms with van der Waals surface area (Å²) in [6.07, 6.45) is 3.85. The standard InChI is InChI=1S/C31H38N4O8/c1-7-11-22-14-20(15-25(40-8-2)29(22)41-9-3)17-32-35-26(36)18-43-23-13-12-21(16-24(23)39-6)28-27(30(37)42-10-4)19(5)33-31(38)34-28/h7,12-17,28H,1,8-11,18H2,2-6H3,(H,35,36)(H2,33,34,38)/b32-17-/t28-/m0/s1. The molecule has 0 fully saturated rings. The van der Waals surface area contributed by atoms with Gasteiger partial charge in [0.15, 0.2) is 29.6 Å². The van der Waals surface area contributed by atoms with Crippen LogP contribution < -0.4 is 35.0 Å². The van der Waals surface area contributed by atoms with Crippen molar-refractivity contribution in [1.82, 2.24) is 16.1 Å². The SMILES string of the molecule is C=CCc1cc(/C=N\NC(=O)COc2ccc([C@@H]3NC(=O)NC(C)=C3C(=O)OCC)cc2OC)cc(OCC)c1OCC. The maximum atomic E-state index is 12.6. The molecular formula is C31H38N4O8. The molecule has 230 valence electrons. The van der Waals surface area contributed by atoms with Gasteiger partial charge in [0.2, 0.25) is 0 Å². The van der Waals surface area contributed by atoms with E-state index in [4.69, 9.17) is 23.7 Å². The molecule has 0 unspecified atom stereocenters. The molecule has 2 aromatic rings. The summed E-state index contributed by atoms with van der Waals surface area (Å²) in [5, 5.41) is 9.38. The molecule has 0 saturated carbocycles. The number of carbonyl (C=O) groups is 3. The number of nitrogens with one attached hydrogen (secondary N) is 3. The number of rotatable bonds is 15. The summed E-state index contributed by atoms with van der Waals surface area (Å²) >= 11 is 0. The quantitative estimate of drug-likeness (QED) is 0.122. The van der Waals surface area contributed by atoms with Gasteiger partial charge in [-0.25, -0.2) is 15.0 Å². The van der Waals surface area contributed by atoms with Crippen LogP contribution in [-0.2, 0) is 20.7 Å². The van der Waals surface area contributed by atoms with Gasteiger partial charge in [0.25, 0.3) is 5.91 Å². The Kier molecular flexibility index (Phi) is 12.0. The Balaban J connectivity index is 1.70. The Hall–Kier alpha value is -5.00. The number of urea groups is 1. The van der Waals surface area contributed by atoms with E-state index in [0.29, 0.717) is 53.7 Å². The minimum absolute atomic E-state index is 0.184. The van der Waals surface area contributed by atoms with Crippen molar-refractivity contribution in [2.75, 3.05) is 33.5 Å². The lowest BCUT2D eigenvalue weighted by Gasteiger charge is -2.28. The van der Waals surface area contributed by atoms with Gasteiger partial charge in [-0.15, -0.1) is 6.58 Å². The van der Waals surface area contributed by atoms with Crippen molar-refractivity contribution in [3.63, 3.8) is 0 Å². The number of nitrogens with zero attached hydrogens (tertiary/aromatic N) is 1. The van der Waals surface area contributed by atoms with Crippen LogP contribution in [0.5, 0.6) is 23.0 Å². The van der Waals surface area contributed by atoms with Crippen LogP contribution >= 0.6 is 0 Å². The zero-order valence-electron chi connectivity index (χ0n) is 25.1. The highest BCUT2D eigenvalue weighted by Crippen LogP contribution is 2.35. The molecule has 0 aromatic heterocycles. The molecule has 1 aliphatic heterocycles. The lowest BCUT2D eigenvalue weighted by atomic mass is 9.95. The number of esters is 1. The number of ether oxygens (including phenoxy) is 5. The number of benzene rings is 2. The van der Waals surface area contributed by atoms with E-state index in [-0.39, 0.29) is 24.5 Å². The van der Waals surface area contributed by atoms with Crippen molar-refractivity contribution in [3.8, 4) is 23.0 Å². The molecule has 0 aliphatic carbocycles. The Bertz CT molecular complexity index is 1400. The summed E-state index contributed by atoms with van der Waals surface area (Å²) in [6, 6.07) is 7.33. The molecule has 3 amide bonds. The molecule has 0 radical (unpaired) electrons. The summed E-state index contributed by atoms with van der Waals surface area (Å²) < 4.78 is 27.8. The van der Waals surface area contributed by atoms with Crippen molar-refractivity contribution in [2.24, 2.45) is 5.10 Å². The van der Waals surface area contributed by atoms with Crippen LogP contribution in [0.25, 0.3) is 0 Å². The van der Waals surface area contributed by atoms with Crippen LogP contribution in [-0.4, -0.2) is 57.7 Å². The summed E-state index contributed by atoms with van der Waals surface area (Å²) in [5.41, 5.74) is 5.26. The van der Waals surface area contributed by atoms with Crippen molar-refractivity contribution in [3.05, 3.63) is 70.9 Å². The van der Waals surface area contributed by atoms with E-state index in [1.165, 1.54) is 13.3 Å². The summed E-state index contributed by atoms with van der Waals surface area (Å²) in [4.78, 5) is 37.3. The first-order chi connectivity index (χ1) is 20.8. The van der Waals surface area contributed by atoms with Gasteiger partial charge in [-0.1, -0.05) is 12.1 Å². The zero-order valence-corrected chi connectivity index (χ0v) is 25.1. The van der Waals surface area contributed by atoms with E-state index >= 15 is 0 Å². The molecule has 0 bridgehead atoms. The van der Waals surface area contributed by atoms with Gasteiger partial charge in [-0.2, -0.15) is 5.10 Å². The molecule has 43 heavy (non-hydrogen) atoms. The van der Waals surface area contributed by atoms with Gasteiger partial charge < -0.3 is 34.3 Å². The van der Waals surface area contributed by atoms with Crippen molar-refractivity contribution in [2.45, 2.75) is 40.2 Å². The normalized spacial score (nSPS) is 14.4. The van der Waals surface area contributed by atoms with Crippen LogP contribution in [0.3, 0.4) is 0 Å². The third-order valence-electron chi connectivity index (χ3n) is 6.15. The summed E-state index contributed by atoms with van der Waals surface area (Å²) in [7, 11) is 1.44. The largest absolute Gasteiger partial charge is 0.493 e. The van der Waals surface area contributed by atoms with Crippen LogP contribution in [0, 0.1) is 0 Å². The predicted molar refractivity (Wildman–Crippen MR) is 161 cm³/mol. The molecule has 3 rings (SSSR count). The average Bonchev–Trinajstić information content (AvgIpc) is 2.97. The number of methoxy groups -OCH3 is 1. The highest BCUT2D eigenvalue weighted by atomic mass is 16.5. The van der Waals surface area contributed by atoms with Gasteiger partial charge in [0, 0.05) is 11.3 Å². The molecule has 12 nitrogen and oxygen atoms in total. The molecule has 0 saturated heterocycles. The Morgan fingerprint density at radius 1 is 1.02 bits per heavy atom. The second-order valence-electron chi connectivity index (χ2n) is 9.15. The molecule has 1 heterocycles. The Morgan fingerprint density at radius 2 is 1.79 bits per heavy atom. The minimum Gasteiger partial charge on any atom is -0.493 e. The lowest BCUT2D eigenvalue weighted by molar-refractivity contribution is -0.139. The van der Waals surface area contributed by atoms with Gasteiger partial charge in [-0.3, -0.25) is 4.79 Å². The Labute approximate surface area is 251 Å². The second-order valence-corrected chi connectivity index (χ2v) is 9.15. The van der Waals surface area contributed by atoms with E-state index < -0.39 is 23.9 Å². The summed E-state index contributed by atoms with van der Waals surface area (Å²) in [5.74, 6) is 0.772. The van der Waals surface area contributed by atoms with E-state index in [0.717, 1.165) is 5.56 Å². The average molecular weight is 595 g/mol. The fourth-order valence-electron chi connectivity index (χ4n) is 4.40. The zero-order chi connectivity index (χ0) is 31.4. The van der Waals surface area contributed by atoms with Crippen LogP contribution in [0.4, 0.5) is 4.79 Å². The molecule has 3 N–H and O–H groups in total. The van der Waals surface area contributed by atoms with Crippen molar-refractivity contribution >= 4 is 24.1 Å². The number of hydrogen-bond acceptors (Lipinski definition) is 9. The number of allylic oxidation sites excluding steroid dienone is 2. The molecule has 1 aliphatic rings. The fourth-order valence-corrected chi connectivity index (χ4v) is 4.40. The third kappa shape index (κ3) is 8.51. The van der Waals surface area contributed by atoms with E-state index in [2.05, 4.69) is 27.7 Å². The highest BCUT2D eigenvalue weighted by molar-refractivity contribution is 5.95. The van der Waals surface area contributed by atoms with Crippen LogP contribution in [0.1, 0.15) is 50.4 Å². The van der Waals surface area contributed by atoms with Crippen LogP contribution in [0.15, 0.2) is 59.4 Å². The number of amides is 3. The third-order valence-corrected chi connectivity index (χ3v) is 6.15. The molecule has 1 atom stereocenters. The predicted octanol–water partition coefficient (Wildman–Crippen LogP) is 3.94. The molecule has 0 spiro atoms. The topological polar surface area (TPSA) is 146 Å².